The number of aromatic amines is 1. The van der Waals surface area contributed by atoms with E-state index in [9.17, 15) is 18.5 Å². The lowest BCUT2D eigenvalue weighted by Crippen LogP contribution is -2.10. The molecular weight excluding hydrogens is 356 g/mol. The molecular formula is C17H16N4O4S. The van der Waals surface area contributed by atoms with Gasteiger partial charge in [-0.2, -0.15) is 0 Å². The number of hydrogen-bond acceptors (Lipinski definition) is 5. The minimum atomic E-state index is -3.38. The Labute approximate surface area is 150 Å². The molecule has 2 aromatic carbocycles. The number of imidazole rings is 1. The molecule has 0 aliphatic carbocycles. The van der Waals surface area contributed by atoms with Crippen molar-refractivity contribution in [3.8, 4) is 11.1 Å². The Morgan fingerprint density at radius 1 is 1.15 bits per heavy atom. The quantitative estimate of drug-likeness (QED) is 0.509. The summed E-state index contributed by atoms with van der Waals surface area (Å²) in [6, 6.07) is 14.6. The van der Waals surface area contributed by atoms with E-state index in [1.165, 1.54) is 6.20 Å². The number of benzene rings is 2. The molecule has 0 saturated heterocycles. The second-order valence-corrected chi connectivity index (χ2v) is 7.51. The summed E-state index contributed by atoms with van der Waals surface area (Å²) in [6.45, 7) is 0. The topological polar surface area (TPSA) is 118 Å². The van der Waals surface area contributed by atoms with E-state index in [4.69, 9.17) is 0 Å². The molecule has 0 unspecified atom stereocenters. The number of sulfonamides is 1. The van der Waals surface area contributed by atoms with E-state index in [-0.39, 0.29) is 5.82 Å². The summed E-state index contributed by atoms with van der Waals surface area (Å²) in [5, 5.41) is 10.7. The third-order valence-corrected chi connectivity index (χ3v) is 4.26. The fourth-order valence-electron chi connectivity index (χ4n) is 2.55. The van der Waals surface area contributed by atoms with Crippen LogP contribution >= 0.6 is 0 Å². The van der Waals surface area contributed by atoms with E-state index in [0.29, 0.717) is 17.9 Å². The molecule has 8 nitrogen and oxygen atoms in total. The Hall–Kier alpha value is -3.20. The largest absolute Gasteiger partial charge is 0.358 e. The van der Waals surface area contributed by atoms with Crippen LogP contribution in [0.4, 0.5) is 11.5 Å². The molecule has 3 aromatic rings. The Kier molecular flexibility index (Phi) is 4.72. The summed E-state index contributed by atoms with van der Waals surface area (Å²) in [5.74, 6) is 0.362. The van der Waals surface area contributed by atoms with Gasteiger partial charge in [-0.3, -0.25) is 4.72 Å². The molecule has 0 radical (unpaired) electrons. The first-order valence-corrected chi connectivity index (χ1v) is 9.55. The minimum absolute atomic E-state index is 0.141. The molecule has 0 spiro atoms. The van der Waals surface area contributed by atoms with Gasteiger partial charge in [0.25, 0.3) is 0 Å². The van der Waals surface area contributed by atoms with E-state index in [2.05, 4.69) is 14.7 Å². The average Bonchev–Trinajstić information content (AvgIpc) is 3.04. The van der Waals surface area contributed by atoms with Crippen molar-refractivity contribution in [2.45, 2.75) is 6.42 Å². The maximum Gasteiger partial charge on any atom is 0.340 e. The fraction of sp³-hybridized carbons (Fsp3) is 0.118. The van der Waals surface area contributed by atoms with Gasteiger partial charge in [-0.25, -0.2) is 18.4 Å². The van der Waals surface area contributed by atoms with Crippen molar-refractivity contribution in [1.82, 2.24) is 9.97 Å². The molecule has 0 bridgehead atoms. The van der Waals surface area contributed by atoms with Gasteiger partial charge in [0.2, 0.25) is 10.0 Å². The SMILES string of the molecule is CS(=O)(=O)Nc1ccccc1-c1ccc(Cc2ncc([N+](=O)[O-])[nH]2)cc1. The van der Waals surface area contributed by atoms with Crippen molar-refractivity contribution in [2.75, 3.05) is 11.0 Å². The van der Waals surface area contributed by atoms with Crippen LogP contribution in [0.1, 0.15) is 11.4 Å². The number of para-hydroxylation sites is 1. The third kappa shape index (κ3) is 4.25. The predicted octanol–water partition coefficient (Wildman–Crippen LogP) is 2.95. The lowest BCUT2D eigenvalue weighted by Gasteiger charge is -2.11. The monoisotopic (exact) mass is 372 g/mol. The Bertz CT molecular complexity index is 1040. The van der Waals surface area contributed by atoms with Crippen LogP contribution in [0.3, 0.4) is 0 Å². The normalized spacial score (nSPS) is 11.3. The summed E-state index contributed by atoms with van der Waals surface area (Å²) < 4.78 is 25.6. The highest BCUT2D eigenvalue weighted by Crippen LogP contribution is 2.28. The highest BCUT2D eigenvalue weighted by Gasteiger charge is 2.12. The van der Waals surface area contributed by atoms with Gasteiger partial charge in [0.15, 0.2) is 5.82 Å². The maximum absolute atomic E-state index is 11.5. The number of rotatable bonds is 6. The van der Waals surface area contributed by atoms with Crippen molar-refractivity contribution in [3.05, 3.63) is 76.2 Å². The Morgan fingerprint density at radius 3 is 2.46 bits per heavy atom. The average molecular weight is 372 g/mol. The van der Waals surface area contributed by atoms with Crippen LogP contribution in [0.2, 0.25) is 0 Å². The van der Waals surface area contributed by atoms with Crippen molar-refractivity contribution < 1.29 is 13.3 Å². The molecule has 26 heavy (non-hydrogen) atoms. The van der Waals surface area contributed by atoms with E-state index < -0.39 is 14.9 Å². The van der Waals surface area contributed by atoms with E-state index in [1.807, 2.05) is 36.4 Å². The number of H-pyrrole nitrogens is 1. The molecule has 1 aromatic heterocycles. The predicted molar refractivity (Wildman–Crippen MR) is 98.4 cm³/mol. The first-order valence-electron chi connectivity index (χ1n) is 7.66. The lowest BCUT2D eigenvalue weighted by molar-refractivity contribution is -0.389. The first kappa shape index (κ1) is 17.6. The number of hydrogen-bond donors (Lipinski definition) is 2. The standard InChI is InChI=1S/C17H16N4O4S/c1-26(24,25)20-15-5-3-2-4-14(15)13-8-6-12(7-9-13)10-16-18-11-17(19-16)21(22)23/h2-9,11,20H,10H2,1H3,(H,18,19). The van der Waals surface area contributed by atoms with Gasteiger partial charge in [0.05, 0.1) is 18.4 Å². The molecule has 2 N–H and O–H groups in total. The molecule has 0 amide bonds. The summed E-state index contributed by atoms with van der Waals surface area (Å²) in [6.07, 6.45) is 2.73. The van der Waals surface area contributed by atoms with Gasteiger partial charge >= 0.3 is 5.82 Å². The number of nitrogens with one attached hydrogen (secondary N) is 2. The van der Waals surface area contributed by atoms with Crippen LogP contribution in [0, 0.1) is 10.1 Å². The zero-order valence-corrected chi connectivity index (χ0v) is 14.7. The van der Waals surface area contributed by atoms with Gasteiger partial charge < -0.3 is 10.1 Å². The van der Waals surface area contributed by atoms with Crippen LogP contribution in [0.15, 0.2) is 54.7 Å². The van der Waals surface area contributed by atoms with Gasteiger partial charge in [0, 0.05) is 5.56 Å². The zero-order valence-electron chi connectivity index (χ0n) is 13.8. The third-order valence-electron chi connectivity index (χ3n) is 3.67. The van der Waals surface area contributed by atoms with E-state index in [0.717, 1.165) is 22.9 Å². The maximum atomic E-state index is 11.5. The summed E-state index contributed by atoms with van der Waals surface area (Å²) in [5.41, 5.74) is 3.04. The van der Waals surface area contributed by atoms with E-state index in [1.54, 1.807) is 12.1 Å². The zero-order chi connectivity index (χ0) is 18.7. The van der Waals surface area contributed by atoms with Crippen LogP contribution in [0.5, 0.6) is 0 Å². The number of nitro groups is 1. The second kappa shape index (κ2) is 6.96. The van der Waals surface area contributed by atoms with E-state index >= 15 is 0 Å². The highest BCUT2D eigenvalue weighted by atomic mass is 32.2. The number of anilines is 1. The molecule has 0 saturated carbocycles. The van der Waals surface area contributed by atoms with Crippen LogP contribution in [-0.2, 0) is 16.4 Å². The van der Waals surface area contributed by atoms with Crippen molar-refractivity contribution in [3.63, 3.8) is 0 Å². The smallest absolute Gasteiger partial charge is 0.340 e. The molecule has 0 fully saturated rings. The molecule has 0 atom stereocenters. The van der Waals surface area contributed by atoms with Gasteiger partial charge in [-0.1, -0.05) is 42.5 Å². The van der Waals surface area contributed by atoms with Gasteiger partial charge in [-0.15, -0.1) is 0 Å². The van der Waals surface area contributed by atoms with Crippen LogP contribution in [0.25, 0.3) is 11.1 Å². The second-order valence-electron chi connectivity index (χ2n) is 5.77. The Morgan fingerprint density at radius 2 is 1.85 bits per heavy atom. The molecule has 9 heteroatoms. The first-order chi connectivity index (χ1) is 12.3. The van der Waals surface area contributed by atoms with Gasteiger partial charge in [0.1, 0.15) is 6.20 Å². The molecule has 1 heterocycles. The van der Waals surface area contributed by atoms with Gasteiger partial charge in [-0.05, 0) is 22.1 Å². The van der Waals surface area contributed by atoms with Crippen molar-refractivity contribution >= 4 is 21.5 Å². The fourth-order valence-corrected chi connectivity index (χ4v) is 3.13. The summed E-state index contributed by atoms with van der Waals surface area (Å²) in [4.78, 5) is 16.8. The molecule has 134 valence electrons. The van der Waals surface area contributed by atoms with Crippen LogP contribution < -0.4 is 4.72 Å². The van der Waals surface area contributed by atoms with Crippen LogP contribution in [-0.4, -0.2) is 29.6 Å². The Balaban J connectivity index is 1.83. The summed E-state index contributed by atoms with van der Waals surface area (Å²) in [7, 11) is -3.38. The molecule has 0 aliphatic heterocycles. The number of nitrogens with zero attached hydrogens (tertiary/aromatic N) is 2. The molecule has 0 aliphatic rings. The highest BCUT2D eigenvalue weighted by molar-refractivity contribution is 7.92. The number of aromatic nitrogens is 2. The minimum Gasteiger partial charge on any atom is -0.358 e. The van der Waals surface area contributed by atoms with Crippen molar-refractivity contribution in [1.29, 1.82) is 0 Å². The molecule has 3 rings (SSSR count). The van der Waals surface area contributed by atoms with Crippen molar-refractivity contribution in [2.24, 2.45) is 0 Å². The lowest BCUT2D eigenvalue weighted by atomic mass is 10.0. The summed E-state index contributed by atoms with van der Waals surface area (Å²) >= 11 is 0.